The zero-order chi connectivity index (χ0) is 9.56. The quantitative estimate of drug-likeness (QED) is 0.479. The number of carbonyl (C=O) groups excluding carboxylic acids is 1. The van der Waals surface area contributed by atoms with Crippen molar-refractivity contribution in [2.24, 2.45) is 0 Å². The Hall–Kier alpha value is -0.790. The lowest BCUT2D eigenvalue weighted by Crippen LogP contribution is -2.10. The third-order valence-corrected chi connectivity index (χ3v) is 1.58. The number of carbonyl (C=O) groups is 1. The van der Waals surface area contributed by atoms with E-state index in [4.69, 9.17) is 4.74 Å². The molecule has 0 saturated heterocycles. The Balaban J connectivity index is 3.58. The lowest BCUT2D eigenvalue weighted by molar-refractivity contribution is -0.147. The molecule has 12 heavy (non-hydrogen) atoms. The maximum atomic E-state index is 11.0. The van der Waals surface area contributed by atoms with Gasteiger partial charge in [0.15, 0.2) is 0 Å². The van der Waals surface area contributed by atoms with Gasteiger partial charge in [0.05, 0.1) is 6.10 Å². The average Bonchev–Trinajstić information content (AvgIpc) is 1.99. The normalized spacial score (nSPS) is 11.9. The molecule has 0 unspecified atom stereocenters. The minimum Gasteiger partial charge on any atom is -0.463 e. The van der Waals surface area contributed by atoms with Gasteiger partial charge in [-0.15, -0.1) is 0 Å². The van der Waals surface area contributed by atoms with Crippen molar-refractivity contribution in [2.45, 2.75) is 46.6 Å². The van der Waals surface area contributed by atoms with Crippen LogP contribution in [0.15, 0.2) is 11.6 Å². The topological polar surface area (TPSA) is 26.3 Å². The zero-order valence-corrected chi connectivity index (χ0v) is 8.39. The predicted molar refractivity (Wildman–Crippen MR) is 49.9 cm³/mol. The number of rotatable bonds is 4. The van der Waals surface area contributed by atoms with Gasteiger partial charge in [0, 0.05) is 6.42 Å². The highest BCUT2D eigenvalue weighted by Crippen LogP contribution is 2.05. The first-order chi connectivity index (χ1) is 5.56. The Labute approximate surface area is 74.6 Å². The van der Waals surface area contributed by atoms with E-state index in [9.17, 15) is 4.79 Å². The van der Waals surface area contributed by atoms with Gasteiger partial charge < -0.3 is 4.74 Å². The van der Waals surface area contributed by atoms with Crippen LogP contribution < -0.4 is 0 Å². The summed E-state index contributed by atoms with van der Waals surface area (Å²) in [4.78, 5) is 11.0. The van der Waals surface area contributed by atoms with Crippen molar-refractivity contribution in [3.05, 3.63) is 11.6 Å². The van der Waals surface area contributed by atoms with Crippen LogP contribution in [0, 0.1) is 0 Å². The van der Waals surface area contributed by atoms with E-state index in [1.54, 1.807) is 0 Å². The molecule has 0 aliphatic rings. The highest BCUT2D eigenvalue weighted by molar-refractivity contribution is 5.69. The van der Waals surface area contributed by atoms with E-state index >= 15 is 0 Å². The summed E-state index contributed by atoms with van der Waals surface area (Å²) in [6.45, 7) is 7.71. The van der Waals surface area contributed by atoms with Crippen LogP contribution in [0.1, 0.15) is 40.5 Å². The molecule has 2 heteroatoms. The minimum atomic E-state index is -0.105. The van der Waals surface area contributed by atoms with Gasteiger partial charge in [-0.2, -0.15) is 0 Å². The standard InChI is InChI=1S/C10H18O2/c1-5-9(4)6-7-10(11)12-8(2)3/h5,8H,6-7H2,1-4H3/b9-5+. The van der Waals surface area contributed by atoms with Gasteiger partial charge in [0.2, 0.25) is 0 Å². The maximum absolute atomic E-state index is 11.0. The average molecular weight is 170 g/mol. The SMILES string of the molecule is C/C=C(\C)CCC(=O)OC(C)C. The summed E-state index contributed by atoms with van der Waals surface area (Å²) in [6.07, 6.45) is 3.32. The summed E-state index contributed by atoms with van der Waals surface area (Å²) in [7, 11) is 0. The van der Waals surface area contributed by atoms with Crippen molar-refractivity contribution in [3.63, 3.8) is 0 Å². The molecule has 0 spiro atoms. The molecule has 0 aromatic heterocycles. The van der Waals surface area contributed by atoms with Crippen LogP contribution in [0.5, 0.6) is 0 Å². The third kappa shape index (κ3) is 5.96. The molecule has 0 aliphatic heterocycles. The molecule has 2 nitrogen and oxygen atoms in total. The van der Waals surface area contributed by atoms with Gasteiger partial charge >= 0.3 is 5.97 Å². The Morgan fingerprint density at radius 1 is 1.42 bits per heavy atom. The van der Waals surface area contributed by atoms with Gasteiger partial charge in [-0.1, -0.05) is 11.6 Å². The molecule has 0 aromatic carbocycles. The first-order valence-corrected chi connectivity index (χ1v) is 4.37. The highest BCUT2D eigenvalue weighted by Gasteiger charge is 2.04. The molecule has 0 amide bonds. The van der Waals surface area contributed by atoms with Crippen molar-refractivity contribution >= 4 is 5.97 Å². The van der Waals surface area contributed by atoms with Gasteiger partial charge in [-0.05, 0) is 34.1 Å². The van der Waals surface area contributed by atoms with E-state index in [1.807, 2.05) is 33.8 Å². The van der Waals surface area contributed by atoms with Crippen LogP contribution in [0.2, 0.25) is 0 Å². The Kier molecular flexibility index (Phi) is 5.43. The molecule has 0 rings (SSSR count). The first kappa shape index (κ1) is 11.2. The fourth-order valence-electron chi connectivity index (χ4n) is 0.765. The second-order valence-electron chi connectivity index (χ2n) is 3.17. The Morgan fingerprint density at radius 2 is 2.00 bits per heavy atom. The number of hydrogen-bond donors (Lipinski definition) is 0. The van der Waals surface area contributed by atoms with E-state index in [1.165, 1.54) is 5.57 Å². The van der Waals surface area contributed by atoms with Gasteiger partial charge in [0.25, 0.3) is 0 Å². The van der Waals surface area contributed by atoms with Crippen LogP contribution >= 0.6 is 0 Å². The van der Waals surface area contributed by atoms with Crippen molar-refractivity contribution in [1.29, 1.82) is 0 Å². The second-order valence-corrected chi connectivity index (χ2v) is 3.17. The Bertz CT molecular complexity index is 169. The fraction of sp³-hybridized carbons (Fsp3) is 0.700. The molecule has 70 valence electrons. The van der Waals surface area contributed by atoms with Crippen molar-refractivity contribution < 1.29 is 9.53 Å². The number of allylic oxidation sites excluding steroid dienone is 2. The first-order valence-electron chi connectivity index (χ1n) is 4.37. The van der Waals surface area contributed by atoms with Gasteiger partial charge in [0.1, 0.15) is 0 Å². The van der Waals surface area contributed by atoms with Crippen LogP contribution in [0.3, 0.4) is 0 Å². The second kappa shape index (κ2) is 5.81. The molecule has 0 aromatic rings. The predicted octanol–water partition coefficient (Wildman–Crippen LogP) is 2.68. The minimum absolute atomic E-state index is 0.00316. The molecule has 0 heterocycles. The summed E-state index contributed by atoms with van der Waals surface area (Å²) in [5, 5.41) is 0. The number of esters is 1. The molecule has 0 atom stereocenters. The molecule has 0 N–H and O–H groups in total. The lowest BCUT2D eigenvalue weighted by Gasteiger charge is -2.07. The van der Waals surface area contributed by atoms with E-state index in [2.05, 4.69) is 0 Å². The van der Waals surface area contributed by atoms with E-state index < -0.39 is 0 Å². The van der Waals surface area contributed by atoms with Crippen LogP contribution in [0.25, 0.3) is 0 Å². The lowest BCUT2D eigenvalue weighted by atomic mass is 10.1. The van der Waals surface area contributed by atoms with Gasteiger partial charge in [-0.25, -0.2) is 0 Å². The van der Waals surface area contributed by atoms with E-state index in [0.717, 1.165) is 6.42 Å². The monoisotopic (exact) mass is 170 g/mol. The number of ether oxygens (including phenoxy) is 1. The smallest absolute Gasteiger partial charge is 0.306 e. The van der Waals surface area contributed by atoms with Crippen molar-refractivity contribution in [1.82, 2.24) is 0 Å². The highest BCUT2D eigenvalue weighted by atomic mass is 16.5. The van der Waals surface area contributed by atoms with Crippen molar-refractivity contribution in [2.75, 3.05) is 0 Å². The third-order valence-electron chi connectivity index (χ3n) is 1.58. The summed E-state index contributed by atoms with van der Waals surface area (Å²) < 4.78 is 4.98. The molecular formula is C10H18O2. The molecule has 0 fully saturated rings. The maximum Gasteiger partial charge on any atom is 0.306 e. The Morgan fingerprint density at radius 3 is 2.42 bits per heavy atom. The fourth-order valence-corrected chi connectivity index (χ4v) is 0.765. The molecule has 0 bridgehead atoms. The summed E-state index contributed by atoms with van der Waals surface area (Å²) in [5.41, 5.74) is 1.23. The van der Waals surface area contributed by atoms with Crippen LogP contribution in [0.4, 0.5) is 0 Å². The van der Waals surface area contributed by atoms with Crippen molar-refractivity contribution in [3.8, 4) is 0 Å². The van der Waals surface area contributed by atoms with Gasteiger partial charge in [-0.3, -0.25) is 4.79 Å². The summed E-state index contributed by atoms with van der Waals surface area (Å²) >= 11 is 0. The largest absolute Gasteiger partial charge is 0.463 e. The summed E-state index contributed by atoms with van der Waals surface area (Å²) in [6, 6.07) is 0. The van der Waals surface area contributed by atoms with E-state index in [-0.39, 0.29) is 12.1 Å². The molecule has 0 radical (unpaired) electrons. The van der Waals surface area contributed by atoms with Crippen LogP contribution in [-0.4, -0.2) is 12.1 Å². The molecule has 0 saturated carbocycles. The molecule has 0 aliphatic carbocycles. The molecular weight excluding hydrogens is 152 g/mol. The number of hydrogen-bond acceptors (Lipinski definition) is 2. The van der Waals surface area contributed by atoms with E-state index in [0.29, 0.717) is 6.42 Å². The zero-order valence-electron chi connectivity index (χ0n) is 8.39. The summed E-state index contributed by atoms with van der Waals surface area (Å²) in [5.74, 6) is -0.105. The van der Waals surface area contributed by atoms with Crippen LogP contribution in [-0.2, 0) is 9.53 Å².